The standard InChI is InChI=1S/BrHO4.Cu/c2-1(3,4)5;/h2H;. The molecule has 6 heavy (non-hydrogen) atoms. The maximum Gasteiger partial charge on any atom is 0.265 e. The predicted molar refractivity (Wildman–Crippen MR) is 2.22 cm³/mol. The first-order valence-electron chi connectivity index (χ1n) is 0.632. The summed E-state index contributed by atoms with van der Waals surface area (Å²) in [4.78, 5) is 0. The van der Waals surface area contributed by atoms with E-state index in [1.54, 1.807) is 0 Å². The molecule has 0 spiro atoms. The van der Waals surface area contributed by atoms with Crippen LogP contribution in [0.1, 0.15) is 0 Å². The van der Waals surface area contributed by atoms with Crippen LogP contribution in [0.3, 0.4) is 0 Å². The fraction of sp³-hybridized carbons (Fsp3) is 0. The molecule has 0 aromatic carbocycles. The average molecular weight is 208 g/mol. The van der Waals surface area contributed by atoms with Crippen molar-refractivity contribution in [2.45, 2.75) is 0 Å². The quantitative estimate of drug-likeness (QED) is 0.410. The molecule has 0 fully saturated rings. The van der Waals surface area contributed by atoms with E-state index in [0.29, 0.717) is 0 Å². The Morgan fingerprint density at radius 1 is 1.17 bits per heavy atom. The maximum absolute atomic E-state index is 8.69. The SMILES string of the molecule is [Cu].[O-][Br+3]([O-])([O-])O. The van der Waals surface area contributed by atoms with Gasteiger partial charge in [0.05, 0.1) is 0 Å². The molecule has 0 saturated carbocycles. The average Bonchev–Trinajstić information content (AvgIpc) is 0.722. The molecule has 0 saturated heterocycles. The van der Waals surface area contributed by atoms with E-state index in [9.17, 15) is 0 Å². The van der Waals surface area contributed by atoms with Gasteiger partial charge in [-0.15, -0.1) is 0 Å². The zero-order valence-electron chi connectivity index (χ0n) is 2.35. The van der Waals surface area contributed by atoms with Crippen LogP contribution in [0.5, 0.6) is 0 Å². The second kappa shape index (κ2) is 2.92. The molecule has 0 aromatic heterocycles. The molecule has 0 aliphatic rings. The maximum atomic E-state index is 8.69. The van der Waals surface area contributed by atoms with Gasteiger partial charge in [0, 0.05) is 21.3 Å². The summed E-state index contributed by atoms with van der Waals surface area (Å²) in [6, 6.07) is 0. The van der Waals surface area contributed by atoms with Crippen LogP contribution in [0.15, 0.2) is 0 Å². The van der Waals surface area contributed by atoms with Crippen LogP contribution >= 0.6 is 0 Å². The molecule has 0 aromatic rings. The monoisotopic (exact) mass is 207 g/mol. The Kier molecular flexibility index (Phi) is 4.85. The molecular weight excluding hydrogens is 207 g/mol. The molecule has 0 rings (SSSR count). The molecule has 0 aliphatic carbocycles. The van der Waals surface area contributed by atoms with Crippen molar-refractivity contribution in [1.82, 2.24) is 0 Å². The van der Waals surface area contributed by atoms with Crippen molar-refractivity contribution in [3.05, 3.63) is 0 Å². The summed E-state index contributed by atoms with van der Waals surface area (Å²) < 4.78 is 33.1. The van der Waals surface area contributed by atoms with Crippen LogP contribution in [-0.4, -0.2) is 4.20 Å². The minimum atomic E-state index is -5.38. The van der Waals surface area contributed by atoms with Crippen molar-refractivity contribution in [2.24, 2.45) is 0 Å². The molecule has 4 nitrogen and oxygen atoms in total. The van der Waals surface area contributed by atoms with Crippen molar-refractivity contribution in [3.8, 4) is 0 Å². The van der Waals surface area contributed by atoms with E-state index in [2.05, 4.69) is 0 Å². The van der Waals surface area contributed by atoms with Gasteiger partial charge in [-0.1, -0.05) is 0 Å². The summed E-state index contributed by atoms with van der Waals surface area (Å²) in [5.74, 6) is 0. The topological polar surface area (TPSA) is 89.4 Å². The first-order chi connectivity index (χ1) is 2.00. The van der Waals surface area contributed by atoms with E-state index in [-0.39, 0.29) is 17.1 Å². The Labute approximate surface area is 48.4 Å². The van der Waals surface area contributed by atoms with Gasteiger partial charge in [-0.25, -0.2) is 12.6 Å². The number of halogens is 1. The van der Waals surface area contributed by atoms with Gasteiger partial charge in [-0.2, -0.15) is 0 Å². The fourth-order valence-electron chi connectivity index (χ4n) is 0. The van der Waals surface area contributed by atoms with Crippen LogP contribution in [0.2, 0.25) is 0 Å². The van der Waals surface area contributed by atoms with E-state index in [4.69, 9.17) is 16.8 Å². The van der Waals surface area contributed by atoms with E-state index in [1.165, 1.54) is 0 Å². The first kappa shape index (κ1) is 9.96. The summed E-state index contributed by atoms with van der Waals surface area (Å²) >= 11 is -5.38. The Bertz CT molecular complexity index is 23.0. The molecule has 1 radical (unpaired) electrons. The minimum absolute atomic E-state index is 0. The van der Waals surface area contributed by atoms with Gasteiger partial charge in [0.2, 0.25) is 0 Å². The number of hydrogen-bond acceptors (Lipinski definition) is 4. The Hall–Kier alpha value is 0.839. The van der Waals surface area contributed by atoms with Crippen molar-refractivity contribution >= 4 is 0 Å². The van der Waals surface area contributed by atoms with E-state index < -0.39 is 14.1 Å². The Morgan fingerprint density at radius 2 is 1.17 bits per heavy atom. The normalized spacial score (nSPS) is 10.0. The van der Waals surface area contributed by atoms with Gasteiger partial charge in [0.1, 0.15) is 0 Å². The van der Waals surface area contributed by atoms with Crippen LogP contribution in [0.25, 0.3) is 0 Å². The van der Waals surface area contributed by atoms with Gasteiger partial charge < -0.3 is 0 Å². The van der Waals surface area contributed by atoms with Crippen molar-refractivity contribution < 1.29 is 48.0 Å². The summed E-state index contributed by atoms with van der Waals surface area (Å²) in [5.41, 5.74) is 0. The van der Waals surface area contributed by atoms with Crippen LogP contribution in [0, 0.1) is 14.1 Å². The summed E-state index contributed by atoms with van der Waals surface area (Å²) in [5, 5.41) is 0. The zero-order chi connectivity index (χ0) is 4.50. The molecule has 43 valence electrons. The second-order valence-electron chi connectivity index (χ2n) is 0.396. The molecule has 6 heteroatoms. The molecule has 0 bridgehead atoms. The zero-order valence-corrected chi connectivity index (χ0v) is 4.88. The molecular formula is HBrCuO4. The smallest absolute Gasteiger partial charge is 0.228 e. The third-order valence-electron chi connectivity index (χ3n) is 0. The van der Waals surface area contributed by atoms with Crippen LogP contribution < -0.4 is 12.6 Å². The fourth-order valence-corrected chi connectivity index (χ4v) is 0. The Balaban J connectivity index is 0. The summed E-state index contributed by atoms with van der Waals surface area (Å²) in [7, 11) is 0. The number of hydrogen-bond donors (Lipinski definition) is 1. The van der Waals surface area contributed by atoms with Crippen molar-refractivity contribution in [2.75, 3.05) is 0 Å². The van der Waals surface area contributed by atoms with Crippen molar-refractivity contribution in [3.63, 3.8) is 0 Å². The van der Waals surface area contributed by atoms with Crippen LogP contribution in [-0.2, 0) is 17.1 Å². The summed E-state index contributed by atoms with van der Waals surface area (Å²) in [6.45, 7) is 0. The molecule has 1 N–H and O–H groups in total. The molecule has 0 heterocycles. The van der Waals surface area contributed by atoms with Gasteiger partial charge in [-0.3, -0.25) is 0 Å². The molecule has 0 aliphatic heterocycles. The summed E-state index contributed by atoms with van der Waals surface area (Å²) in [6.07, 6.45) is 0. The largest absolute Gasteiger partial charge is 0.265 e. The van der Waals surface area contributed by atoms with E-state index >= 15 is 0 Å². The van der Waals surface area contributed by atoms with Gasteiger partial charge in [-0.05, 0) is 0 Å². The van der Waals surface area contributed by atoms with E-state index in [1.807, 2.05) is 0 Å². The number of rotatable bonds is 0. The molecule has 0 amide bonds. The Morgan fingerprint density at radius 3 is 1.17 bits per heavy atom. The molecule has 0 unspecified atom stereocenters. The van der Waals surface area contributed by atoms with E-state index in [0.717, 1.165) is 0 Å². The predicted octanol–water partition coefficient (Wildman–Crippen LogP) is -4.13. The molecule has 0 atom stereocenters. The van der Waals surface area contributed by atoms with Crippen molar-refractivity contribution in [1.29, 1.82) is 0 Å². The first-order valence-corrected chi connectivity index (χ1v) is 3.28. The van der Waals surface area contributed by atoms with Gasteiger partial charge in [0.25, 0.3) is 14.1 Å². The van der Waals surface area contributed by atoms with Gasteiger partial charge in [0.15, 0.2) is 0 Å². The van der Waals surface area contributed by atoms with Crippen LogP contribution in [0.4, 0.5) is 0 Å². The van der Waals surface area contributed by atoms with Gasteiger partial charge >= 0.3 is 0 Å². The minimum Gasteiger partial charge on any atom is -0.228 e. The third-order valence-corrected chi connectivity index (χ3v) is 0. The second-order valence-corrected chi connectivity index (χ2v) is 2.06. The third kappa shape index (κ3) is 101.